The average Bonchev–Trinajstić information content (AvgIpc) is 2.09. The maximum atomic E-state index is 5.43. The van der Waals surface area contributed by atoms with Crippen LogP contribution in [0.2, 0.25) is 0 Å². The van der Waals surface area contributed by atoms with Crippen LogP contribution in [0.4, 0.5) is 5.69 Å². The van der Waals surface area contributed by atoms with Crippen LogP contribution in [-0.2, 0) is 11.2 Å². The minimum Gasteiger partial charge on any atom is -0.396 e. The van der Waals surface area contributed by atoms with Crippen molar-refractivity contribution in [2.45, 2.75) is 13.3 Å². The Kier molecular flexibility index (Phi) is 3.47. The molecule has 0 bridgehead atoms. The van der Waals surface area contributed by atoms with E-state index in [-0.39, 0.29) is 0 Å². The molecule has 0 atom stereocenters. The van der Waals surface area contributed by atoms with E-state index in [2.05, 4.69) is 9.97 Å². The lowest BCUT2D eigenvalue weighted by molar-refractivity contribution is 0.149. The van der Waals surface area contributed by atoms with E-state index in [1.165, 1.54) is 0 Å². The van der Waals surface area contributed by atoms with E-state index < -0.39 is 0 Å². The van der Waals surface area contributed by atoms with E-state index >= 15 is 0 Å². The molecule has 0 unspecified atom stereocenters. The summed E-state index contributed by atoms with van der Waals surface area (Å²) in [5.74, 6) is 0.776. The maximum absolute atomic E-state index is 5.43. The minimum absolute atomic E-state index is 0.593. The SMILES string of the molecule is CCOCCc1ncc(N)cn1. The Morgan fingerprint density at radius 1 is 1.42 bits per heavy atom. The number of aromatic nitrogens is 2. The van der Waals surface area contributed by atoms with Crippen molar-refractivity contribution < 1.29 is 4.74 Å². The summed E-state index contributed by atoms with van der Waals surface area (Å²) < 4.78 is 5.16. The molecule has 0 aromatic carbocycles. The molecule has 4 heteroatoms. The van der Waals surface area contributed by atoms with Gasteiger partial charge in [-0.15, -0.1) is 0 Å². The number of rotatable bonds is 4. The number of nitrogens with two attached hydrogens (primary N) is 1. The second kappa shape index (κ2) is 4.66. The molecule has 0 fully saturated rings. The van der Waals surface area contributed by atoms with E-state index in [1.54, 1.807) is 12.4 Å². The summed E-state index contributed by atoms with van der Waals surface area (Å²) in [5, 5.41) is 0. The molecule has 66 valence electrons. The second-order valence-electron chi connectivity index (χ2n) is 2.38. The number of anilines is 1. The normalized spacial score (nSPS) is 10.1. The number of hydrogen-bond acceptors (Lipinski definition) is 4. The predicted molar refractivity (Wildman–Crippen MR) is 46.6 cm³/mol. The average molecular weight is 167 g/mol. The van der Waals surface area contributed by atoms with Crippen molar-refractivity contribution in [2.24, 2.45) is 0 Å². The molecule has 2 N–H and O–H groups in total. The lowest BCUT2D eigenvalue weighted by Gasteiger charge is -1.99. The lowest BCUT2D eigenvalue weighted by Crippen LogP contribution is -2.02. The van der Waals surface area contributed by atoms with Crippen molar-refractivity contribution >= 4 is 5.69 Å². The quantitative estimate of drug-likeness (QED) is 0.668. The van der Waals surface area contributed by atoms with Crippen LogP contribution in [0.15, 0.2) is 12.4 Å². The molecule has 4 nitrogen and oxygen atoms in total. The highest BCUT2D eigenvalue weighted by Gasteiger charge is 1.94. The first kappa shape index (κ1) is 8.93. The van der Waals surface area contributed by atoms with Crippen LogP contribution < -0.4 is 5.73 Å². The van der Waals surface area contributed by atoms with Crippen LogP contribution in [0.5, 0.6) is 0 Å². The molecule has 0 aliphatic carbocycles. The monoisotopic (exact) mass is 167 g/mol. The Morgan fingerprint density at radius 3 is 2.67 bits per heavy atom. The predicted octanol–water partition coefficient (Wildman–Crippen LogP) is 0.638. The summed E-state index contributed by atoms with van der Waals surface area (Å²) in [5.41, 5.74) is 6.02. The van der Waals surface area contributed by atoms with Crippen molar-refractivity contribution in [2.75, 3.05) is 18.9 Å². The molecule has 1 heterocycles. The van der Waals surface area contributed by atoms with Gasteiger partial charge in [0.05, 0.1) is 24.7 Å². The molecule has 0 aliphatic rings. The number of nitrogen functional groups attached to an aromatic ring is 1. The van der Waals surface area contributed by atoms with Gasteiger partial charge in [0.1, 0.15) is 5.82 Å². The van der Waals surface area contributed by atoms with Crippen molar-refractivity contribution in [3.63, 3.8) is 0 Å². The molecule has 0 radical (unpaired) electrons. The Labute approximate surface area is 71.8 Å². The summed E-state index contributed by atoms with van der Waals surface area (Å²) >= 11 is 0. The molecule has 1 aromatic heterocycles. The maximum Gasteiger partial charge on any atom is 0.130 e. The van der Waals surface area contributed by atoms with Gasteiger partial charge in [-0.2, -0.15) is 0 Å². The molecule has 0 spiro atoms. The molecule has 12 heavy (non-hydrogen) atoms. The molecule has 1 aromatic rings. The number of hydrogen-bond donors (Lipinski definition) is 1. The van der Waals surface area contributed by atoms with Gasteiger partial charge in [0.2, 0.25) is 0 Å². The van der Waals surface area contributed by atoms with E-state index in [1.807, 2.05) is 6.92 Å². The summed E-state index contributed by atoms with van der Waals surface area (Å²) in [6, 6.07) is 0. The lowest BCUT2D eigenvalue weighted by atomic mass is 10.4. The van der Waals surface area contributed by atoms with Crippen LogP contribution in [0.3, 0.4) is 0 Å². The van der Waals surface area contributed by atoms with E-state index in [4.69, 9.17) is 10.5 Å². The highest BCUT2D eigenvalue weighted by Crippen LogP contribution is 1.96. The van der Waals surface area contributed by atoms with Crippen LogP contribution in [0, 0.1) is 0 Å². The van der Waals surface area contributed by atoms with E-state index in [0.29, 0.717) is 12.3 Å². The van der Waals surface area contributed by atoms with Gasteiger partial charge in [-0.3, -0.25) is 0 Å². The third-order valence-corrected chi connectivity index (χ3v) is 1.40. The van der Waals surface area contributed by atoms with Gasteiger partial charge in [-0.1, -0.05) is 0 Å². The van der Waals surface area contributed by atoms with Crippen molar-refractivity contribution in [3.8, 4) is 0 Å². The molecule has 0 amide bonds. The topological polar surface area (TPSA) is 61.0 Å². The van der Waals surface area contributed by atoms with Crippen molar-refractivity contribution in [1.29, 1.82) is 0 Å². The van der Waals surface area contributed by atoms with E-state index in [9.17, 15) is 0 Å². The first-order valence-corrected chi connectivity index (χ1v) is 3.97. The molecular weight excluding hydrogens is 154 g/mol. The molecule has 0 aliphatic heterocycles. The van der Waals surface area contributed by atoms with E-state index in [0.717, 1.165) is 18.9 Å². The number of ether oxygens (including phenoxy) is 1. The van der Waals surface area contributed by atoms with Gasteiger partial charge in [-0.25, -0.2) is 9.97 Å². The van der Waals surface area contributed by atoms with Gasteiger partial charge in [-0.05, 0) is 6.92 Å². The largest absolute Gasteiger partial charge is 0.396 e. The van der Waals surface area contributed by atoms with Gasteiger partial charge in [0.15, 0.2) is 0 Å². The fourth-order valence-electron chi connectivity index (χ4n) is 0.802. The van der Waals surface area contributed by atoms with Gasteiger partial charge >= 0.3 is 0 Å². The van der Waals surface area contributed by atoms with Gasteiger partial charge < -0.3 is 10.5 Å². The fourth-order valence-corrected chi connectivity index (χ4v) is 0.802. The van der Waals surface area contributed by atoms with Crippen LogP contribution in [0.25, 0.3) is 0 Å². The minimum atomic E-state index is 0.593. The number of nitrogens with zero attached hydrogens (tertiary/aromatic N) is 2. The standard InChI is InChI=1S/C8H13N3O/c1-2-12-4-3-8-10-5-7(9)6-11-8/h5-6H,2-4,9H2,1H3. The smallest absolute Gasteiger partial charge is 0.130 e. The molecule has 0 saturated heterocycles. The zero-order chi connectivity index (χ0) is 8.81. The van der Waals surface area contributed by atoms with Gasteiger partial charge in [0.25, 0.3) is 0 Å². The Balaban J connectivity index is 2.37. The highest BCUT2D eigenvalue weighted by atomic mass is 16.5. The summed E-state index contributed by atoms with van der Waals surface area (Å²) in [4.78, 5) is 8.07. The Morgan fingerprint density at radius 2 is 2.08 bits per heavy atom. The first-order chi connectivity index (χ1) is 5.83. The van der Waals surface area contributed by atoms with Gasteiger partial charge in [0, 0.05) is 13.0 Å². The zero-order valence-corrected chi connectivity index (χ0v) is 7.16. The summed E-state index contributed by atoms with van der Waals surface area (Å²) in [7, 11) is 0. The Bertz CT molecular complexity index is 222. The van der Waals surface area contributed by atoms with Crippen LogP contribution in [0.1, 0.15) is 12.7 Å². The van der Waals surface area contributed by atoms with Crippen LogP contribution in [-0.4, -0.2) is 23.2 Å². The third kappa shape index (κ3) is 2.84. The first-order valence-electron chi connectivity index (χ1n) is 3.97. The van der Waals surface area contributed by atoms with Crippen molar-refractivity contribution in [3.05, 3.63) is 18.2 Å². The van der Waals surface area contributed by atoms with Crippen LogP contribution >= 0.6 is 0 Å². The Hall–Kier alpha value is -1.16. The summed E-state index contributed by atoms with van der Waals surface area (Å²) in [6.07, 6.45) is 3.96. The van der Waals surface area contributed by atoms with Crippen molar-refractivity contribution in [1.82, 2.24) is 9.97 Å². The summed E-state index contributed by atoms with van der Waals surface area (Å²) in [6.45, 7) is 3.36. The molecular formula is C8H13N3O. The second-order valence-corrected chi connectivity index (χ2v) is 2.38. The zero-order valence-electron chi connectivity index (χ0n) is 7.16. The molecule has 0 saturated carbocycles. The third-order valence-electron chi connectivity index (χ3n) is 1.40. The molecule has 1 rings (SSSR count). The highest BCUT2D eigenvalue weighted by molar-refractivity contribution is 5.30. The fraction of sp³-hybridized carbons (Fsp3) is 0.500.